The molecular formula is C13H19N3O2. The van der Waals surface area contributed by atoms with Crippen LogP contribution in [0.4, 0.5) is 0 Å². The molecule has 1 unspecified atom stereocenters. The first-order chi connectivity index (χ1) is 8.43. The Balaban J connectivity index is 2.69. The molecule has 0 aliphatic heterocycles. The second-order valence-electron chi connectivity index (χ2n) is 4.36. The van der Waals surface area contributed by atoms with E-state index in [2.05, 4.69) is 5.32 Å². The lowest BCUT2D eigenvalue weighted by Crippen LogP contribution is -2.41. The van der Waals surface area contributed by atoms with Crippen LogP contribution in [-0.2, 0) is 11.3 Å². The minimum Gasteiger partial charge on any atom is -0.366 e. The van der Waals surface area contributed by atoms with Gasteiger partial charge in [0.05, 0.1) is 6.04 Å². The zero-order valence-corrected chi connectivity index (χ0v) is 10.9. The molecule has 0 saturated carbocycles. The van der Waals surface area contributed by atoms with Gasteiger partial charge in [-0.2, -0.15) is 0 Å². The van der Waals surface area contributed by atoms with Gasteiger partial charge in [0.1, 0.15) is 0 Å². The van der Waals surface area contributed by atoms with Gasteiger partial charge in [0.2, 0.25) is 11.8 Å². The normalized spacial score (nSPS) is 11.9. The number of nitrogens with zero attached hydrogens (tertiary/aromatic N) is 1. The summed E-state index contributed by atoms with van der Waals surface area (Å²) in [5.74, 6) is -0.467. The Bertz CT molecular complexity index is 444. The van der Waals surface area contributed by atoms with E-state index in [1.54, 1.807) is 33.2 Å². The lowest BCUT2D eigenvalue weighted by atomic mass is 10.1. The fraction of sp³-hybridized carbons (Fsp3) is 0.385. The van der Waals surface area contributed by atoms with Gasteiger partial charge in [0, 0.05) is 26.2 Å². The number of likely N-dealkylation sites (N-methyl/N-ethyl adjacent to an activating group) is 1. The maximum Gasteiger partial charge on any atom is 0.249 e. The Hall–Kier alpha value is -1.88. The van der Waals surface area contributed by atoms with Crippen molar-refractivity contribution in [2.24, 2.45) is 5.73 Å². The fourth-order valence-corrected chi connectivity index (χ4v) is 1.65. The van der Waals surface area contributed by atoms with Crippen LogP contribution in [0.1, 0.15) is 22.8 Å². The van der Waals surface area contributed by atoms with Crippen LogP contribution in [-0.4, -0.2) is 36.9 Å². The number of rotatable bonds is 5. The van der Waals surface area contributed by atoms with Crippen molar-refractivity contribution in [3.63, 3.8) is 0 Å². The molecule has 2 amide bonds. The molecule has 0 aliphatic rings. The number of nitrogens with one attached hydrogen (secondary N) is 1. The molecule has 0 aromatic heterocycles. The number of primary amides is 1. The predicted molar refractivity (Wildman–Crippen MR) is 70.0 cm³/mol. The maximum absolute atomic E-state index is 11.7. The van der Waals surface area contributed by atoms with Gasteiger partial charge in [-0.15, -0.1) is 0 Å². The smallest absolute Gasteiger partial charge is 0.249 e. The van der Waals surface area contributed by atoms with Crippen LogP contribution in [0.2, 0.25) is 0 Å². The largest absolute Gasteiger partial charge is 0.366 e. The molecule has 0 fully saturated rings. The molecule has 18 heavy (non-hydrogen) atoms. The van der Waals surface area contributed by atoms with Crippen molar-refractivity contribution >= 4 is 11.8 Å². The second-order valence-corrected chi connectivity index (χ2v) is 4.36. The highest BCUT2D eigenvalue weighted by Crippen LogP contribution is 2.08. The summed E-state index contributed by atoms with van der Waals surface area (Å²) in [5.41, 5.74) is 6.56. The molecule has 3 N–H and O–H groups in total. The SMILES string of the molecule is CC(NCc1ccccc1C(N)=O)C(=O)N(C)C. The molecule has 1 aromatic rings. The van der Waals surface area contributed by atoms with Crippen molar-refractivity contribution in [2.75, 3.05) is 14.1 Å². The molecule has 5 nitrogen and oxygen atoms in total. The van der Waals surface area contributed by atoms with Gasteiger partial charge in [-0.1, -0.05) is 18.2 Å². The van der Waals surface area contributed by atoms with Gasteiger partial charge in [0.15, 0.2) is 0 Å². The topological polar surface area (TPSA) is 75.4 Å². The molecule has 1 rings (SSSR count). The number of carbonyl (C=O) groups excluding carboxylic acids is 2. The lowest BCUT2D eigenvalue weighted by molar-refractivity contribution is -0.130. The molecule has 0 spiro atoms. The molecule has 1 atom stereocenters. The zero-order valence-electron chi connectivity index (χ0n) is 10.9. The van der Waals surface area contributed by atoms with Crippen molar-refractivity contribution in [1.82, 2.24) is 10.2 Å². The van der Waals surface area contributed by atoms with Crippen LogP contribution >= 0.6 is 0 Å². The number of amides is 2. The van der Waals surface area contributed by atoms with E-state index in [4.69, 9.17) is 5.73 Å². The molecular weight excluding hydrogens is 230 g/mol. The lowest BCUT2D eigenvalue weighted by Gasteiger charge is -2.18. The molecule has 0 bridgehead atoms. The predicted octanol–water partition coefficient (Wildman–Crippen LogP) is 0.352. The summed E-state index contributed by atoms with van der Waals surface area (Å²) < 4.78 is 0. The monoisotopic (exact) mass is 249 g/mol. The first-order valence-corrected chi connectivity index (χ1v) is 5.75. The average Bonchev–Trinajstić information content (AvgIpc) is 2.35. The van der Waals surface area contributed by atoms with Gasteiger partial charge in [-0.3, -0.25) is 9.59 Å². The summed E-state index contributed by atoms with van der Waals surface area (Å²) in [7, 11) is 3.41. The van der Waals surface area contributed by atoms with Crippen molar-refractivity contribution in [3.05, 3.63) is 35.4 Å². The summed E-state index contributed by atoms with van der Waals surface area (Å²) in [4.78, 5) is 24.4. The number of carbonyl (C=O) groups is 2. The van der Waals surface area contributed by atoms with E-state index in [1.807, 2.05) is 12.1 Å². The number of hydrogen-bond acceptors (Lipinski definition) is 3. The summed E-state index contributed by atoms with van der Waals surface area (Å²) in [5, 5.41) is 3.08. The van der Waals surface area contributed by atoms with Crippen LogP contribution in [0.3, 0.4) is 0 Å². The van der Waals surface area contributed by atoms with E-state index in [1.165, 1.54) is 4.90 Å². The molecule has 0 radical (unpaired) electrons. The first kappa shape index (κ1) is 14.2. The van der Waals surface area contributed by atoms with E-state index < -0.39 is 5.91 Å². The third-order valence-electron chi connectivity index (χ3n) is 2.69. The van der Waals surface area contributed by atoms with Crippen LogP contribution in [0.25, 0.3) is 0 Å². The number of nitrogens with two attached hydrogens (primary N) is 1. The Labute approximate surface area is 107 Å². The Morgan fingerprint density at radius 2 is 1.94 bits per heavy atom. The summed E-state index contributed by atoms with van der Waals surface area (Å²) in [6, 6.07) is 6.79. The van der Waals surface area contributed by atoms with E-state index >= 15 is 0 Å². The molecule has 0 saturated heterocycles. The first-order valence-electron chi connectivity index (χ1n) is 5.75. The number of hydrogen-bond donors (Lipinski definition) is 2. The highest BCUT2D eigenvalue weighted by molar-refractivity contribution is 5.94. The zero-order chi connectivity index (χ0) is 13.7. The van der Waals surface area contributed by atoms with Crippen molar-refractivity contribution in [3.8, 4) is 0 Å². The highest BCUT2D eigenvalue weighted by Gasteiger charge is 2.15. The third kappa shape index (κ3) is 3.56. The third-order valence-corrected chi connectivity index (χ3v) is 2.69. The van der Waals surface area contributed by atoms with Crippen LogP contribution < -0.4 is 11.1 Å². The van der Waals surface area contributed by atoms with Crippen LogP contribution in [0, 0.1) is 0 Å². The van der Waals surface area contributed by atoms with E-state index in [9.17, 15) is 9.59 Å². The van der Waals surface area contributed by atoms with Crippen LogP contribution in [0.15, 0.2) is 24.3 Å². The van der Waals surface area contributed by atoms with E-state index in [-0.39, 0.29) is 11.9 Å². The maximum atomic E-state index is 11.7. The van der Waals surface area contributed by atoms with Crippen molar-refractivity contribution in [1.29, 1.82) is 0 Å². The van der Waals surface area contributed by atoms with Gasteiger partial charge in [0.25, 0.3) is 0 Å². The van der Waals surface area contributed by atoms with E-state index in [0.717, 1.165) is 5.56 Å². The summed E-state index contributed by atoms with van der Waals surface area (Å²) >= 11 is 0. The van der Waals surface area contributed by atoms with Gasteiger partial charge >= 0.3 is 0 Å². The Kier molecular flexibility index (Phi) is 4.85. The van der Waals surface area contributed by atoms with Crippen LogP contribution in [0.5, 0.6) is 0 Å². The average molecular weight is 249 g/mol. The Morgan fingerprint density at radius 1 is 1.33 bits per heavy atom. The molecule has 0 heterocycles. The van der Waals surface area contributed by atoms with Gasteiger partial charge in [-0.05, 0) is 18.6 Å². The summed E-state index contributed by atoms with van der Waals surface area (Å²) in [6.07, 6.45) is 0. The minimum atomic E-state index is -0.459. The molecule has 98 valence electrons. The van der Waals surface area contributed by atoms with Gasteiger partial charge < -0.3 is 16.0 Å². The molecule has 1 aromatic carbocycles. The van der Waals surface area contributed by atoms with Crippen molar-refractivity contribution in [2.45, 2.75) is 19.5 Å². The quantitative estimate of drug-likeness (QED) is 0.790. The molecule has 5 heteroatoms. The minimum absolute atomic E-state index is 0.00782. The molecule has 0 aliphatic carbocycles. The Morgan fingerprint density at radius 3 is 2.50 bits per heavy atom. The fourth-order valence-electron chi connectivity index (χ4n) is 1.65. The van der Waals surface area contributed by atoms with Gasteiger partial charge in [-0.25, -0.2) is 0 Å². The van der Waals surface area contributed by atoms with E-state index in [0.29, 0.717) is 12.1 Å². The van der Waals surface area contributed by atoms with Crippen molar-refractivity contribution < 1.29 is 9.59 Å². The highest BCUT2D eigenvalue weighted by atomic mass is 16.2. The summed E-state index contributed by atoms with van der Waals surface area (Å²) in [6.45, 7) is 2.22. The number of benzene rings is 1. The second kappa shape index (κ2) is 6.16. The standard InChI is InChI=1S/C13H19N3O2/c1-9(13(18)16(2)3)15-8-10-6-4-5-7-11(10)12(14)17/h4-7,9,15H,8H2,1-3H3,(H2,14,17).